The van der Waals surface area contributed by atoms with Crippen LogP contribution in [0.5, 0.6) is 0 Å². The monoisotopic (exact) mass is 625 g/mol. The van der Waals surface area contributed by atoms with Crippen LogP contribution in [0.1, 0.15) is 60.7 Å². The number of alkyl carbamates (subject to hydrolysis) is 1. The lowest BCUT2D eigenvalue weighted by Crippen LogP contribution is -2.44. The van der Waals surface area contributed by atoms with Gasteiger partial charge in [0.1, 0.15) is 11.6 Å². The third-order valence-corrected chi connectivity index (χ3v) is 6.38. The molecule has 0 spiro atoms. The summed E-state index contributed by atoms with van der Waals surface area (Å²) in [4.78, 5) is 62.4. The molecule has 3 aromatic rings. The van der Waals surface area contributed by atoms with Gasteiger partial charge in [0, 0.05) is 16.6 Å². The Kier molecular flexibility index (Phi) is 10.6. The molecule has 0 aliphatic heterocycles. The van der Waals surface area contributed by atoms with E-state index in [1.807, 2.05) is 30.3 Å². The van der Waals surface area contributed by atoms with Crippen molar-refractivity contribution in [1.82, 2.24) is 10.6 Å². The Hall–Kier alpha value is -4.25. The van der Waals surface area contributed by atoms with E-state index in [9.17, 15) is 29.1 Å². The van der Waals surface area contributed by atoms with Gasteiger partial charge in [-0.25, -0.2) is 9.59 Å². The van der Waals surface area contributed by atoms with E-state index >= 15 is 0 Å². The van der Waals surface area contributed by atoms with Gasteiger partial charge >= 0.3 is 12.1 Å². The molecule has 1 atom stereocenters. The molecular weight excluding hydrogens is 594 g/mol. The molecule has 4 N–H and O–H groups in total. The molecule has 3 rings (SSSR count). The van der Waals surface area contributed by atoms with Gasteiger partial charge in [0.15, 0.2) is 0 Å². The maximum absolute atomic E-state index is 13.1. The van der Waals surface area contributed by atoms with Gasteiger partial charge in [-0.3, -0.25) is 14.4 Å². The van der Waals surface area contributed by atoms with Crippen molar-refractivity contribution < 1.29 is 33.8 Å². The number of unbranched alkanes of at least 4 members (excludes halogenated alkanes) is 1. The van der Waals surface area contributed by atoms with Crippen LogP contribution in [0, 0.1) is 0 Å². The van der Waals surface area contributed by atoms with E-state index in [2.05, 4.69) is 31.9 Å². The molecule has 0 bridgehead atoms. The quantitative estimate of drug-likeness (QED) is 0.128. The maximum atomic E-state index is 13.1. The highest BCUT2D eigenvalue weighted by atomic mass is 79.9. The number of nitrogens with one attached hydrogen (secondary N) is 3. The van der Waals surface area contributed by atoms with Gasteiger partial charge in [0.05, 0.1) is 11.3 Å². The summed E-state index contributed by atoms with van der Waals surface area (Å²) in [7, 11) is 0. The lowest BCUT2D eigenvalue weighted by molar-refractivity contribution is -0.141. The third kappa shape index (κ3) is 9.42. The fourth-order valence-corrected chi connectivity index (χ4v) is 4.28. The number of ether oxygens (including phenoxy) is 1. The average molecular weight is 627 g/mol. The SMILES string of the molecule is CC(C)(C)OC(=O)NCCCC[C@H](NC(=O)C(=O)c1cc(Br)ccc1NC(=O)c1ccc2ccccc2c1)C(=O)O. The molecule has 41 heavy (non-hydrogen) atoms. The van der Waals surface area contributed by atoms with Crippen molar-refractivity contribution in [2.45, 2.75) is 51.7 Å². The Morgan fingerprint density at radius 1 is 0.927 bits per heavy atom. The van der Waals surface area contributed by atoms with Crippen LogP contribution in [0.25, 0.3) is 10.8 Å². The Morgan fingerprint density at radius 2 is 1.63 bits per heavy atom. The predicted octanol–water partition coefficient (Wildman–Crippen LogP) is 5.30. The van der Waals surface area contributed by atoms with Crippen molar-refractivity contribution in [3.8, 4) is 0 Å². The lowest BCUT2D eigenvalue weighted by Gasteiger charge is -2.19. The number of amides is 3. The fraction of sp³-hybridized carbons (Fsp3) is 0.300. The summed E-state index contributed by atoms with van der Waals surface area (Å²) >= 11 is 3.27. The summed E-state index contributed by atoms with van der Waals surface area (Å²) in [5.74, 6) is -3.90. The van der Waals surface area contributed by atoms with E-state index in [1.165, 1.54) is 12.1 Å². The first-order valence-electron chi connectivity index (χ1n) is 13.0. The number of benzene rings is 3. The number of fused-ring (bicyclic) bond motifs is 1. The summed E-state index contributed by atoms with van der Waals surface area (Å²) in [6.45, 7) is 5.48. The topological polar surface area (TPSA) is 151 Å². The minimum Gasteiger partial charge on any atom is -0.480 e. The molecule has 3 aromatic carbocycles. The number of carbonyl (C=O) groups excluding carboxylic acids is 4. The first-order chi connectivity index (χ1) is 19.3. The van der Waals surface area contributed by atoms with Gasteiger partial charge in [-0.15, -0.1) is 0 Å². The summed E-state index contributed by atoms with van der Waals surface area (Å²) in [6, 6.07) is 15.9. The van der Waals surface area contributed by atoms with Crippen molar-refractivity contribution in [2.24, 2.45) is 0 Å². The molecule has 11 heteroatoms. The second-order valence-electron chi connectivity index (χ2n) is 10.3. The lowest BCUT2D eigenvalue weighted by atomic mass is 10.0. The van der Waals surface area contributed by atoms with E-state index in [0.29, 0.717) is 22.9 Å². The molecule has 0 aromatic heterocycles. The van der Waals surface area contributed by atoms with Gasteiger partial charge in [0.25, 0.3) is 17.6 Å². The van der Waals surface area contributed by atoms with Gasteiger partial charge in [-0.05, 0) is 81.1 Å². The number of carbonyl (C=O) groups is 5. The number of carboxylic acid groups (broad SMARTS) is 1. The van der Waals surface area contributed by atoms with Crippen LogP contribution in [-0.2, 0) is 14.3 Å². The maximum Gasteiger partial charge on any atom is 0.407 e. The molecule has 0 radical (unpaired) electrons. The standard InChI is InChI=1S/C30H32BrN3O7/c1-30(2,3)41-29(40)32-15-7-6-10-24(28(38)39)34-27(37)25(35)22-17-21(31)13-14-23(22)33-26(36)20-12-11-18-8-4-5-9-19(18)16-20/h4-5,8-9,11-14,16-17,24H,6-7,10,15H2,1-3H3,(H,32,40)(H,33,36)(H,34,37)(H,38,39)/t24-/m0/s1. The number of aliphatic carboxylic acids is 1. The highest BCUT2D eigenvalue weighted by Crippen LogP contribution is 2.24. The van der Waals surface area contributed by atoms with Crippen molar-refractivity contribution in [3.63, 3.8) is 0 Å². The minimum atomic E-state index is -1.32. The molecule has 0 unspecified atom stereocenters. The second-order valence-corrected chi connectivity index (χ2v) is 11.2. The molecule has 10 nitrogen and oxygen atoms in total. The molecular formula is C30H32BrN3O7. The van der Waals surface area contributed by atoms with Crippen molar-refractivity contribution in [3.05, 3.63) is 76.3 Å². The van der Waals surface area contributed by atoms with E-state index in [1.54, 1.807) is 39.0 Å². The summed E-state index contributed by atoms with van der Waals surface area (Å²) in [5.41, 5.74) is -0.271. The van der Waals surface area contributed by atoms with E-state index in [0.717, 1.165) is 10.8 Å². The molecule has 0 saturated heterocycles. The Labute approximate surface area is 246 Å². The van der Waals surface area contributed by atoms with Crippen LogP contribution >= 0.6 is 15.9 Å². The summed E-state index contributed by atoms with van der Waals surface area (Å²) in [5, 5.41) is 18.9. The van der Waals surface area contributed by atoms with Crippen LogP contribution in [0.15, 0.2) is 65.1 Å². The number of rotatable bonds is 11. The zero-order valence-electron chi connectivity index (χ0n) is 23.0. The number of Topliss-reactive ketones (excluding diaryl/α,β-unsaturated/α-hetero) is 1. The number of hydrogen-bond acceptors (Lipinski definition) is 6. The fourth-order valence-electron chi connectivity index (χ4n) is 3.92. The normalized spacial score (nSPS) is 11.8. The first kappa shape index (κ1) is 31.3. The molecule has 0 aliphatic carbocycles. The molecule has 0 heterocycles. The number of anilines is 1. The third-order valence-electron chi connectivity index (χ3n) is 5.88. The van der Waals surface area contributed by atoms with Crippen LogP contribution in [0.4, 0.5) is 10.5 Å². The molecule has 0 saturated carbocycles. The molecule has 0 aliphatic rings. The highest BCUT2D eigenvalue weighted by molar-refractivity contribution is 9.10. The summed E-state index contributed by atoms with van der Waals surface area (Å²) < 4.78 is 5.63. The molecule has 0 fully saturated rings. The predicted molar refractivity (Wildman–Crippen MR) is 158 cm³/mol. The Bertz CT molecular complexity index is 1470. The van der Waals surface area contributed by atoms with Gasteiger partial charge in [0.2, 0.25) is 0 Å². The highest BCUT2D eigenvalue weighted by Gasteiger charge is 2.27. The van der Waals surface area contributed by atoms with Gasteiger partial charge in [-0.1, -0.05) is 46.3 Å². The van der Waals surface area contributed by atoms with E-state index < -0.39 is 41.3 Å². The second kappa shape index (κ2) is 13.9. The number of hydrogen-bond donors (Lipinski definition) is 4. The zero-order chi connectivity index (χ0) is 30.2. The van der Waals surface area contributed by atoms with E-state index in [-0.39, 0.29) is 24.2 Å². The Morgan fingerprint density at radius 3 is 2.32 bits per heavy atom. The van der Waals surface area contributed by atoms with Gasteiger partial charge in [-0.2, -0.15) is 0 Å². The van der Waals surface area contributed by atoms with Crippen molar-refractivity contribution in [2.75, 3.05) is 11.9 Å². The molecule has 3 amide bonds. The van der Waals surface area contributed by atoms with Crippen LogP contribution in [0.2, 0.25) is 0 Å². The molecule has 216 valence electrons. The van der Waals surface area contributed by atoms with Crippen molar-refractivity contribution >= 4 is 62.0 Å². The van der Waals surface area contributed by atoms with Crippen LogP contribution in [-0.4, -0.2) is 53.0 Å². The minimum absolute atomic E-state index is 0.0361. The van der Waals surface area contributed by atoms with Crippen LogP contribution in [0.3, 0.4) is 0 Å². The van der Waals surface area contributed by atoms with Gasteiger partial charge < -0.3 is 25.8 Å². The average Bonchev–Trinajstić information content (AvgIpc) is 2.91. The smallest absolute Gasteiger partial charge is 0.407 e. The first-order valence-corrected chi connectivity index (χ1v) is 13.8. The zero-order valence-corrected chi connectivity index (χ0v) is 24.5. The number of ketones is 1. The van der Waals surface area contributed by atoms with Crippen molar-refractivity contribution in [1.29, 1.82) is 0 Å². The largest absolute Gasteiger partial charge is 0.480 e. The number of carboxylic acids is 1. The van der Waals surface area contributed by atoms with E-state index in [4.69, 9.17) is 4.74 Å². The summed E-state index contributed by atoms with van der Waals surface area (Å²) in [6.07, 6.45) is 0.243. The number of halogens is 1. The Balaban J connectivity index is 1.63. The van der Waals surface area contributed by atoms with Crippen LogP contribution < -0.4 is 16.0 Å².